The molecule has 0 bridgehead atoms. The van der Waals surface area contributed by atoms with E-state index in [9.17, 15) is 4.79 Å². The van der Waals surface area contributed by atoms with Crippen LogP contribution >= 0.6 is 12.4 Å². The van der Waals surface area contributed by atoms with Crippen LogP contribution in [-0.4, -0.2) is 11.1 Å². The lowest BCUT2D eigenvalue weighted by atomic mass is 10.1. The Morgan fingerprint density at radius 2 is 1.54 bits per heavy atom. The maximum atomic E-state index is 10.9. The summed E-state index contributed by atoms with van der Waals surface area (Å²) in [5.41, 5.74) is 4.81. The Morgan fingerprint density at radius 1 is 0.893 bits per heavy atom. The summed E-state index contributed by atoms with van der Waals surface area (Å²) in [5.74, 6) is -0.0408. The number of aromatic carboxylic acids is 1. The van der Waals surface area contributed by atoms with Gasteiger partial charge in [0.25, 0.3) is 0 Å². The van der Waals surface area contributed by atoms with Gasteiger partial charge >= 0.3 is 5.97 Å². The molecule has 3 aromatic carbocycles. The van der Waals surface area contributed by atoms with Gasteiger partial charge in [0.15, 0.2) is 0 Å². The van der Waals surface area contributed by atoms with E-state index >= 15 is 0 Å². The van der Waals surface area contributed by atoms with Crippen molar-refractivity contribution in [3.63, 3.8) is 0 Å². The first-order valence-corrected chi connectivity index (χ1v) is 8.91. The standard InChI is InChI=1S/C23H23NO3.ClH/c1-17-6-8-19(9-7-17)16-27-22-5-3-2-4-21(22)15-24-14-18-10-12-20(13-11-18)23(25)26;/h2-13,24H,14-16H2,1H3,(H,25,26);1H. The Labute approximate surface area is 171 Å². The van der Waals surface area contributed by atoms with Crippen LogP contribution in [0, 0.1) is 6.92 Å². The molecule has 0 aliphatic heterocycles. The molecule has 0 atom stereocenters. The molecule has 0 saturated heterocycles. The van der Waals surface area contributed by atoms with Crippen molar-refractivity contribution in [1.82, 2.24) is 5.32 Å². The van der Waals surface area contributed by atoms with Crippen LogP contribution in [0.15, 0.2) is 72.8 Å². The van der Waals surface area contributed by atoms with Gasteiger partial charge in [0.05, 0.1) is 5.56 Å². The highest BCUT2D eigenvalue weighted by atomic mass is 35.5. The van der Waals surface area contributed by atoms with E-state index in [0.717, 1.165) is 22.4 Å². The minimum Gasteiger partial charge on any atom is -0.489 e. The van der Waals surface area contributed by atoms with Gasteiger partial charge in [0.1, 0.15) is 12.4 Å². The second kappa shape index (κ2) is 10.5. The second-order valence-electron chi connectivity index (χ2n) is 6.49. The maximum Gasteiger partial charge on any atom is 0.335 e. The van der Waals surface area contributed by atoms with Gasteiger partial charge in [-0.05, 0) is 36.2 Å². The first-order chi connectivity index (χ1) is 13.1. The number of hydrogen-bond donors (Lipinski definition) is 2. The van der Waals surface area contributed by atoms with Crippen molar-refractivity contribution >= 4 is 18.4 Å². The van der Waals surface area contributed by atoms with Gasteiger partial charge in [-0.2, -0.15) is 0 Å². The summed E-state index contributed by atoms with van der Waals surface area (Å²) in [6.07, 6.45) is 0. The van der Waals surface area contributed by atoms with Gasteiger partial charge in [0, 0.05) is 18.7 Å². The first kappa shape index (κ1) is 21.5. The van der Waals surface area contributed by atoms with Crippen LogP contribution in [0.3, 0.4) is 0 Å². The van der Waals surface area contributed by atoms with Crippen LogP contribution in [-0.2, 0) is 19.7 Å². The van der Waals surface area contributed by atoms with E-state index in [1.165, 1.54) is 5.56 Å². The van der Waals surface area contributed by atoms with Crippen molar-refractivity contribution < 1.29 is 14.6 Å². The lowest BCUT2D eigenvalue weighted by Crippen LogP contribution is -2.13. The molecule has 0 unspecified atom stereocenters. The second-order valence-corrected chi connectivity index (χ2v) is 6.49. The highest BCUT2D eigenvalue weighted by Gasteiger charge is 2.05. The zero-order valence-electron chi connectivity index (χ0n) is 15.7. The smallest absolute Gasteiger partial charge is 0.335 e. The topological polar surface area (TPSA) is 58.6 Å². The fourth-order valence-corrected chi connectivity index (χ4v) is 2.74. The SMILES string of the molecule is Cc1ccc(COc2ccccc2CNCc2ccc(C(=O)O)cc2)cc1.Cl. The molecular weight excluding hydrogens is 374 g/mol. The van der Waals surface area contributed by atoms with Crippen LogP contribution < -0.4 is 10.1 Å². The lowest BCUT2D eigenvalue weighted by Gasteiger charge is -2.12. The van der Waals surface area contributed by atoms with Crippen molar-refractivity contribution in [2.45, 2.75) is 26.6 Å². The highest BCUT2D eigenvalue weighted by molar-refractivity contribution is 5.87. The fraction of sp³-hybridized carbons (Fsp3) is 0.174. The number of carboxylic acids is 1. The summed E-state index contributed by atoms with van der Waals surface area (Å²) >= 11 is 0. The molecule has 0 radical (unpaired) electrons. The molecule has 28 heavy (non-hydrogen) atoms. The van der Waals surface area contributed by atoms with Gasteiger partial charge in [-0.1, -0.05) is 60.2 Å². The zero-order chi connectivity index (χ0) is 19.1. The summed E-state index contributed by atoms with van der Waals surface area (Å²) in [7, 11) is 0. The van der Waals surface area contributed by atoms with Gasteiger partial charge in [-0.15, -0.1) is 12.4 Å². The molecule has 0 spiro atoms. The summed E-state index contributed by atoms with van der Waals surface area (Å²) in [6, 6.07) is 23.2. The monoisotopic (exact) mass is 397 g/mol. The number of hydrogen-bond acceptors (Lipinski definition) is 3. The lowest BCUT2D eigenvalue weighted by molar-refractivity contribution is 0.0697. The van der Waals surface area contributed by atoms with Crippen molar-refractivity contribution in [2.24, 2.45) is 0 Å². The molecule has 0 aromatic heterocycles. The van der Waals surface area contributed by atoms with Crippen molar-refractivity contribution in [2.75, 3.05) is 0 Å². The average molecular weight is 398 g/mol. The molecule has 0 amide bonds. The molecule has 0 aliphatic carbocycles. The van der Waals surface area contributed by atoms with E-state index in [-0.39, 0.29) is 12.4 Å². The van der Waals surface area contributed by atoms with E-state index in [1.54, 1.807) is 12.1 Å². The highest BCUT2D eigenvalue weighted by Crippen LogP contribution is 2.19. The van der Waals surface area contributed by atoms with Gasteiger partial charge in [-0.3, -0.25) is 0 Å². The third-order valence-corrected chi connectivity index (χ3v) is 4.33. The number of nitrogens with one attached hydrogen (secondary N) is 1. The molecule has 4 nitrogen and oxygen atoms in total. The molecule has 0 heterocycles. The Balaban J connectivity index is 0.00000280. The molecule has 146 valence electrons. The third-order valence-electron chi connectivity index (χ3n) is 4.33. The minimum atomic E-state index is -0.908. The number of aryl methyl sites for hydroxylation is 1. The van der Waals surface area contributed by atoms with Gasteiger partial charge in [0.2, 0.25) is 0 Å². The Bertz CT molecular complexity index is 892. The predicted molar refractivity (Wildman–Crippen MR) is 113 cm³/mol. The molecule has 3 rings (SSSR count). The number of ether oxygens (including phenoxy) is 1. The fourth-order valence-electron chi connectivity index (χ4n) is 2.74. The first-order valence-electron chi connectivity index (χ1n) is 8.91. The van der Waals surface area contributed by atoms with Crippen LogP contribution in [0.5, 0.6) is 5.75 Å². The van der Waals surface area contributed by atoms with Crippen molar-refractivity contribution in [3.8, 4) is 5.75 Å². The summed E-state index contributed by atoms with van der Waals surface area (Å²) in [6.45, 7) is 3.94. The van der Waals surface area contributed by atoms with Crippen molar-refractivity contribution in [3.05, 3.63) is 101 Å². The van der Waals surface area contributed by atoms with Gasteiger partial charge in [-0.25, -0.2) is 4.79 Å². The molecule has 3 aromatic rings. The molecule has 2 N–H and O–H groups in total. The summed E-state index contributed by atoms with van der Waals surface area (Å²) in [4.78, 5) is 10.9. The largest absolute Gasteiger partial charge is 0.489 e. The van der Waals surface area contributed by atoms with E-state index in [0.29, 0.717) is 25.3 Å². The van der Waals surface area contributed by atoms with E-state index in [2.05, 4.69) is 36.5 Å². The molecule has 5 heteroatoms. The molecular formula is C23H24ClNO3. The normalized spacial score (nSPS) is 10.2. The van der Waals surface area contributed by atoms with Crippen LogP contribution in [0.2, 0.25) is 0 Å². The third kappa shape index (κ3) is 6.12. The average Bonchev–Trinajstić information content (AvgIpc) is 2.69. The van der Waals surface area contributed by atoms with Crippen LogP contribution in [0.4, 0.5) is 0 Å². The number of benzene rings is 3. The number of rotatable bonds is 8. The zero-order valence-corrected chi connectivity index (χ0v) is 16.5. The van der Waals surface area contributed by atoms with Crippen LogP contribution in [0.1, 0.15) is 32.6 Å². The van der Waals surface area contributed by atoms with Gasteiger partial charge < -0.3 is 15.2 Å². The Kier molecular flexibility index (Phi) is 8.05. The predicted octanol–water partition coefficient (Wildman–Crippen LogP) is 4.98. The molecule has 0 saturated carbocycles. The molecule has 0 aliphatic rings. The number of carboxylic acid groups (broad SMARTS) is 1. The quantitative estimate of drug-likeness (QED) is 0.562. The summed E-state index contributed by atoms with van der Waals surface area (Å²) < 4.78 is 6.00. The Hall–Kier alpha value is -2.82. The van der Waals surface area contributed by atoms with E-state index in [1.807, 2.05) is 36.4 Å². The Morgan fingerprint density at radius 3 is 2.21 bits per heavy atom. The minimum absolute atomic E-state index is 0. The number of halogens is 1. The van der Waals surface area contributed by atoms with Crippen LogP contribution in [0.25, 0.3) is 0 Å². The summed E-state index contributed by atoms with van der Waals surface area (Å²) in [5, 5.41) is 12.3. The number of carbonyl (C=O) groups is 1. The number of para-hydroxylation sites is 1. The van der Waals surface area contributed by atoms with Crippen molar-refractivity contribution in [1.29, 1.82) is 0 Å². The van der Waals surface area contributed by atoms with E-state index < -0.39 is 5.97 Å². The molecule has 0 fully saturated rings. The maximum absolute atomic E-state index is 10.9. The van der Waals surface area contributed by atoms with E-state index in [4.69, 9.17) is 9.84 Å².